The molecule has 88 valence electrons. The summed E-state index contributed by atoms with van der Waals surface area (Å²) in [6.07, 6.45) is 3.10. The SMILES string of the molecule is CC(C)=CC(Cc1ccc(C)c(C)c1)NN. The molecule has 1 rings (SSSR count). The maximum absolute atomic E-state index is 5.54. The Morgan fingerprint density at radius 2 is 2.00 bits per heavy atom. The second kappa shape index (κ2) is 5.83. The minimum absolute atomic E-state index is 0.215. The van der Waals surface area contributed by atoms with Crippen LogP contribution in [0.15, 0.2) is 29.8 Å². The van der Waals surface area contributed by atoms with Crippen LogP contribution >= 0.6 is 0 Å². The first kappa shape index (κ1) is 12.9. The summed E-state index contributed by atoms with van der Waals surface area (Å²) in [7, 11) is 0. The Bertz CT molecular complexity index is 376. The summed E-state index contributed by atoms with van der Waals surface area (Å²) in [6.45, 7) is 8.45. The van der Waals surface area contributed by atoms with Crippen molar-refractivity contribution in [3.05, 3.63) is 46.5 Å². The highest BCUT2D eigenvalue weighted by Crippen LogP contribution is 2.12. The highest BCUT2D eigenvalue weighted by molar-refractivity contribution is 5.30. The van der Waals surface area contributed by atoms with Gasteiger partial charge in [-0.3, -0.25) is 11.3 Å². The molecule has 16 heavy (non-hydrogen) atoms. The van der Waals surface area contributed by atoms with Crippen LogP contribution in [0.2, 0.25) is 0 Å². The molecule has 1 unspecified atom stereocenters. The lowest BCUT2D eigenvalue weighted by Gasteiger charge is -2.13. The maximum Gasteiger partial charge on any atom is 0.0433 e. The molecule has 0 spiro atoms. The van der Waals surface area contributed by atoms with E-state index in [9.17, 15) is 0 Å². The number of hydrogen-bond acceptors (Lipinski definition) is 2. The average molecular weight is 218 g/mol. The molecule has 0 aliphatic heterocycles. The van der Waals surface area contributed by atoms with E-state index in [0.29, 0.717) is 0 Å². The molecule has 1 aromatic rings. The van der Waals surface area contributed by atoms with Gasteiger partial charge in [-0.25, -0.2) is 0 Å². The Balaban J connectivity index is 2.78. The lowest BCUT2D eigenvalue weighted by molar-refractivity contribution is 0.613. The normalized spacial score (nSPS) is 12.3. The summed E-state index contributed by atoms with van der Waals surface area (Å²) in [4.78, 5) is 0. The number of nitrogens with two attached hydrogens (primary N) is 1. The molecule has 0 bridgehead atoms. The van der Waals surface area contributed by atoms with Crippen molar-refractivity contribution in [2.75, 3.05) is 0 Å². The number of nitrogens with one attached hydrogen (secondary N) is 1. The van der Waals surface area contributed by atoms with Gasteiger partial charge in [-0.2, -0.15) is 0 Å². The van der Waals surface area contributed by atoms with Gasteiger partial charge >= 0.3 is 0 Å². The Hall–Kier alpha value is -1.12. The van der Waals surface area contributed by atoms with E-state index in [2.05, 4.69) is 57.4 Å². The van der Waals surface area contributed by atoms with Gasteiger partial charge in [0.1, 0.15) is 0 Å². The highest BCUT2D eigenvalue weighted by atomic mass is 15.2. The van der Waals surface area contributed by atoms with Crippen molar-refractivity contribution in [1.82, 2.24) is 5.43 Å². The Morgan fingerprint density at radius 3 is 2.50 bits per heavy atom. The molecule has 3 N–H and O–H groups in total. The number of hydrogen-bond donors (Lipinski definition) is 2. The van der Waals surface area contributed by atoms with Crippen LogP contribution in [0.1, 0.15) is 30.5 Å². The van der Waals surface area contributed by atoms with Crippen LogP contribution in [0.3, 0.4) is 0 Å². The van der Waals surface area contributed by atoms with Crippen LogP contribution in [0.4, 0.5) is 0 Å². The van der Waals surface area contributed by atoms with Gasteiger partial charge in [0.15, 0.2) is 0 Å². The van der Waals surface area contributed by atoms with Gasteiger partial charge in [0.05, 0.1) is 0 Å². The van der Waals surface area contributed by atoms with E-state index >= 15 is 0 Å². The third-order valence-corrected chi connectivity index (χ3v) is 2.78. The average Bonchev–Trinajstić information content (AvgIpc) is 2.22. The summed E-state index contributed by atoms with van der Waals surface area (Å²) in [5.41, 5.74) is 8.12. The number of rotatable bonds is 4. The third-order valence-electron chi connectivity index (χ3n) is 2.78. The maximum atomic E-state index is 5.54. The summed E-state index contributed by atoms with van der Waals surface area (Å²) >= 11 is 0. The largest absolute Gasteiger partial charge is 0.271 e. The number of hydrazine groups is 1. The smallest absolute Gasteiger partial charge is 0.0433 e. The molecule has 0 aliphatic carbocycles. The van der Waals surface area contributed by atoms with Crippen molar-refractivity contribution in [3.63, 3.8) is 0 Å². The molecule has 0 aromatic heterocycles. The quantitative estimate of drug-likeness (QED) is 0.463. The monoisotopic (exact) mass is 218 g/mol. The van der Waals surface area contributed by atoms with Crippen molar-refractivity contribution < 1.29 is 0 Å². The lowest BCUT2D eigenvalue weighted by atomic mass is 10.0. The first-order chi connectivity index (χ1) is 7.52. The molecule has 0 heterocycles. The van der Waals surface area contributed by atoms with Gasteiger partial charge in [-0.1, -0.05) is 29.8 Å². The summed E-state index contributed by atoms with van der Waals surface area (Å²) in [5.74, 6) is 5.54. The zero-order chi connectivity index (χ0) is 12.1. The van der Waals surface area contributed by atoms with Gasteiger partial charge in [-0.15, -0.1) is 0 Å². The van der Waals surface area contributed by atoms with Crippen LogP contribution in [0.5, 0.6) is 0 Å². The zero-order valence-electron chi connectivity index (χ0n) is 10.7. The molecular formula is C14H22N2. The van der Waals surface area contributed by atoms with E-state index in [1.165, 1.54) is 22.3 Å². The Kier molecular flexibility index (Phi) is 4.71. The third kappa shape index (κ3) is 3.80. The summed E-state index contributed by atoms with van der Waals surface area (Å²) in [5, 5.41) is 0. The number of benzene rings is 1. The van der Waals surface area contributed by atoms with Crippen LogP contribution in [-0.2, 0) is 6.42 Å². The standard InChI is InChI=1S/C14H22N2/c1-10(2)7-14(16-15)9-13-6-5-11(3)12(4)8-13/h5-8,14,16H,9,15H2,1-4H3. The van der Waals surface area contributed by atoms with Crippen LogP contribution < -0.4 is 11.3 Å². The van der Waals surface area contributed by atoms with Gasteiger partial charge in [0.2, 0.25) is 0 Å². The van der Waals surface area contributed by atoms with Gasteiger partial charge < -0.3 is 0 Å². The minimum Gasteiger partial charge on any atom is -0.271 e. The van der Waals surface area contributed by atoms with Crippen molar-refractivity contribution in [3.8, 4) is 0 Å². The molecule has 1 atom stereocenters. The highest BCUT2D eigenvalue weighted by Gasteiger charge is 2.05. The van der Waals surface area contributed by atoms with Crippen LogP contribution in [0.25, 0.3) is 0 Å². The van der Waals surface area contributed by atoms with E-state index in [1.807, 2.05) is 0 Å². The number of aryl methyl sites for hydroxylation is 2. The predicted octanol–water partition coefficient (Wildman–Crippen LogP) is 2.64. The molecule has 2 nitrogen and oxygen atoms in total. The fourth-order valence-corrected chi connectivity index (χ4v) is 1.75. The Labute approximate surface area is 98.5 Å². The van der Waals surface area contributed by atoms with E-state index < -0.39 is 0 Å². The first-order valence-corrected chi connectivity index (χ1v) is 5.70. The van der Waals surface area contributed by atoms with E-state index in [-0.39, 0.29) is 6.04 Å². The second-order valence-electron chi connectivity index (χ2n) is 4.64. The molecule has 2 heteroatoms. The molecule has 1 aromatic carbocycles. The van der Waals surface area contributed by atoms with E-state index in [4.69, 9.17) is 5.84 Å². The van der Waals surface area contributed by atoms with E-state index in [1.54, 1.807) is 0 Å². The van der Waals surface area contributed by atoms with E-state index in [0.717, 1.165) is 6.42 Å². The molecule has 0 fully saturated rings. The van der Waals surface area contributed by atoms with Crippen LogP contribution in [-0.4, -0.2) is 6.04 Å². The topological polar surface area (TPSA) is 38.0 Å². The van der Waals surface area contributed by atoms with Crippen molar-refractivity contribution in [1.29, 1.82) is 0 Å². The summed E-state index contributed by atoms with van der Waals surface area (Å²) in [6, 6.07) is 6.79. The molecule has 0 saturated heterocycles. The molecule has 0 radical (unpaired) electrons. The Morgan fingerprint density at radius 1 is 1.31 bits per heavy atom. The van der Waals surface area contributed by atoms with Gasteiger partial charge in [0, 0.05) is 6.04 Å². The zero-order valence-corrected chi connectivity index (χ0v) is 10.7. The number of allylic oxidation sites excluding steroid dienone is 1. The molecule has 0 amide bonds. The molecule has 0 saturated carbocycles. The van der Waals surface area contributed by atoms with Crippen LogP contribution in [0, 0.1) is 13.8 Å². The fraction of sp³-hybridized carbons (Fsp3) is 0.429. The summed E-state index contributed by atoms with van der Waals surface area (Å²) < 4.78 is 0. The predicted molar refractivity (Wildman–Crippen MR) is 70.2 cm³/mol. The van der Waals surface area contributed by atoms with Gasteiger partial charge in [0.25, 0.3) is 0 Å². The lowest BCUT2D eigenvalue weighted by Crippen LogP contribution is -2.35. The molecular weight excluding hydrogens is 196 g/mol. The van der Waals surface area contributed by atoms with Crippen molar-refractivity contribution in [2.24, 2.45) is 5.84 Å². The van der Waals surface area contributed by atoms with Crippen molar-refractivity contribution >= 4 is 0 Å². The molecule has 0 aliphatic rings. The minimum atomic E-state index is 0.215. The van der Waals surface area contributed by atoms with Gasteiger partial charge in [-0.05, 0) is 50.8 Å². The van der Waals surface area contributed by atoms with Crippen molar-refractivity contribution in [2.45, 2.75) is 40.2 Å². The first-order valence-electron chi connectivity index (χ1n) is 5.70. The fourth-order valence-electron chi connectivity index (χ4n) is 1.75. The second-order valence-corrected chi connectivity index (χ2v) is 4.64.